The molecule has 0 aliphatic heterocycles. The lowest BCUT2D eigenvalue weighted by Crippen LogP contribution is -2.16. The molecule has 0 amide bonds. The van der Waals surface area contributed by atoms with E-state index in [0.29, 0.717) is 0 Å². The number of hydrogen-bond donors (Lipinski definition) is 1. The molecule has 0 saturated carbocycles. The van der Waals surface area contributed by atoms with Gasteiger partial charge in [-0.3, -0.25) is 0 Å². The maximum absolute atomic E-state index is 12.1. The highest BCUT2D eigenvalue weighted by Gasteiger charge is 2.18. The maximum atomic E-state index is 12.1. The van der Waals surface area contributed by atoms with Crippen molar-refractivity contribution in [1.82, 2.24) is 0 Å². The molecule has 0 unspecified atom stereocenters. The van der Waals surface area contributed by atoms with E-state index in [1.165, 1.54) is 24.3 Å². The summed E-state index contributed by atoms with van der Waals surface area (Å²) in [6, 6.07) is 4.64. The quantitative estimate of drug-likeness (QED) is 0.835. The molecule has 1 aromatic rings. The second kappa shape index (κ2) is 7.34. The molecule has 17 heavy (non-hydrogen) atoms. The summed E-state index contributed by atoms with van der Waals surface area (Å²) in [5.41, 5.74) is 5.62. The van der Waals surface area contributed by atoms with Crippen LogP contribution < -0.4 is 10.5 Å². The molecule has 98 valence electrons. The summed E-state index contributed by atoms with van der Waals surface area (Å²) < 4.78 is 52.4. The predicted octanol–water partition coefficient (Wildman–Crippen LogP) is 3.36. The Hall–Kier alpha value is -1.01. The number of nitrogens with two attached hydrogens (primary N) is 1. The van der Waals surface area contributed by atoms with E-state index in [0.717, 1.165) is 0 Å². The highest BCUT2D eigenvalue weighted by atomic mass is 35.5. The highest BCUT2D eigenvalue weighted by molar-refractivity contribution is 5.85. The molecule has 0 bridgehead atoms. The minimum Gasteiger partial charge on any atom is -0.434 e. The average Bonchev–Trinajstić information content (AvgIpc) is 2.16. The van der Waals surface area contributed by atoms with Gasteiger partial charge in [-0.15, -0.1) is 12.4 Å². The smallest absolute Gasteiger partial charge is 0.387 e. The van der Waals surface area contributed by atoms with Gasteiger partial charge in [0.25, 0.3) is 0 Å². The summed E-state index contributed by atoms with van der Waals surface area (Å²) in [5.74, 6) is -0.161. The summed E-state index contributed by atoms with van der Waals surface area (Å²) in [6.45, 7) is -3.00. The van der Waals surface area contributed by atoms with Gasteiger partial charge in [0.1, 0.15) is 5.75 Å². The Bertz CT molecular complexity index is 338. The fourth-order valence-corrected chi connectivity index (χ4v) is 1.31. The van der Waals surface area contributed by atoms with Crippen LogP contribution in [0.3, 0.4) is 0 Å². The van der Waals surface area contributed by atoms with Crippen LogP contribution in [0.2, 0.25) is 0 Å². The summed E-state index contributed by atoms with van der Waals surface area (Å²) in [6.07, 6.45) is -3.18. The zero-order chi connectivity index (χ0) is 12.1. The van der Waals surface area contributed by atoms with Crippen molar-refractivity contribution < 1.29 is 22.3 Å². The van der Waals surface area contributed by atoms with Crippen molar-refractivity contribution in [3.63, 3.8) is 0 Å². The Kier molecular flexibility index (Phi) is 6.91. The van der Waals surface area contributed by atoms with Crippen molar-refractivity contribution in [2.75, 3.05) is 0 Å². The highest BCUT2D eigenvalue weighted by Crippen LogP contribution is 2.28. The summed E-state index contributed by atoms with van der Waals surface area (Å²) in [7, 11) is 0. The van der Waals surface area contributed by atoms with Gasteiger partial charge in [-0.05, 0) is 6.07 Å². The van der Waals surface area contributed by atoms with Gasteiger partial charge in [-0.1, -0.05) is 18.2 Å². The first kappa shape index (κ1) is 16.0. The molecule has 0 fully saturated rings. The van der Waals surface area contributed by atoms with Gasteiger partial charge in [0.2, 0.25) is 6.43 Å². The number of hydrogen-bond acceptors (Lipinski definition) is 2. The van der Waals surface area contributed by atoms with Gasteiger partial charge in [-0.2, -0.15) is 8.78 Å². The van der Waals surface area contributed by atoms with E-state index in [-0.39, 0.29) is 23.7 Å². The van der Waals surface area contributed by atoms with Gasteiger partial charge < -0.3 is 10.5 Å². The lowest BCUT2D eigenvalue weighted by Gasteiger charge is -2.16. The van der Waals surface area contributed by atoms with Crippen LogP contribution in [0.5, 0.6) is 5.75 Å². The zero-order valence-corrected chi connectivity index (χ0v) is 9.47. The molecule has 0 spiro atoms. The molecule has 0 aliphatic carbocycles. The largest absolute Gasteiger partial charge is 0.434 e. The van der Waals surface area contributed by atoms with Crippen LogP contribution in [0.4, 0.5) is 17.6 Å². The molecule has 1 atom stereocenters. The molecule has 0 radical (unpaired) electrons. The van der Waals surface area contributed by atoms with Crippen LogP contribution in [0.1, 0.15) is 18.0 Å². The lowest BCUT2D eigenvalue weighted by molar-refractivity contribution is -0.0507. The first-order valence-electron chi connectivity index (χ1n) is 4.58. The van der Waals surface area contributed by atoms with Gasteiger partial charge >= 0.3 is 6.61 Å². The van der Waals surface area contributed by atoms with Crippen LogP contribution in [0.15, 0.2) is 24.3 Å². The van der Waals surface area contributed by atoms with Crippen molar-refractivity contribution in [2.24, 2.45) is 5.73 Å². The van der Waals surface area contributed by atoms with Crippen LogP contribution >= 0.6 is 12.4 Å². The zero-order valence-electron chi connectivity index (χ0n) is 8.65. The topological polar surface area (TPSA) is 35.2 Å². The van der Waals surface area contributed by atoms with Crippen molar-refractivity contribution in [3.05, 3.63) is 29.8 Å². The van der Waals surface area contributed by atoms with Crippen molar-refractivity contribution >= 4 is 12.4 Å². The van der Waals surface area contributed by atoms with Crippen molar-refractivity contribution in [1.29, 1.82) is 0 Å². The van der Waals surface area contributed by atoms with Gasteiger partial charge in [-0.25, -0.2) is 8.78 Å². The fraction of sp³-hybridized carbons (Fsp3) is 0.400. The SMILES string of the molecule is Cl.N[C@@H](CC(F)F)c1ccccc1OC(F)F. The molecule has 7 heteroatoms. The Morgan fingerprint density at radius 3 is 2.24 bits per heavy atom. The Labute approximate surface area is 102 Å². The number of ether oxygens (including phenoxy) is 1. The Morgan fingerprint density at radius 2 is 1.71 bits per heavy atom. The maximum Gasteiger partial charge on any atom is 0.387 e. The van der Waals surface area contributed by atoms with E-state index >= 15 is 0 Å². The van der Waals surface area contributed by atoms with Crippen LogP contribution in [0, 0.1) is 0 Å². The molecular formula is C10H12ClF4NO. The average molecular weight is 274 g/mol. The first-order valence-corrected chi connectivity index (χ1v) is 4.58. The van der Waals surface area contributed by atoms with Gasteiger partial charge in [0, 0.05) is 18.0 Å². The van der Waals surface area contributed by atoms with E-state index < -0.39 is 25.5 Å². The summed E-state index contributed by atoms with van der Waals surface area (Å²) in [4.78, 5) is 0. The molecule has 0 aromatic heterocycles. The number of rotatable bonds is 5. The predicted molar refractivity (Wildman–Crippen MR) is 57.9 cm³/mol. The molecule has 0 heterocycles. The third-order valence-corrected chi connectivity index (χ3v) is 1.97. The van der Waals surface area contributed by atoms with Gasteiger partial charge in [0.05, 0.1) is 0 Å². The van der Waals surface area contributed by atoms with E-state index in [2.05, 4.69) is 4.74 Å². The minimum atomic E-state index is -3.00. The standard InChI is InChI=1S/C10H11F4NO.ClH/c11-9(12)5-7(15)6-3-1-2-4-8(6)16-10(13)14;/h1-4,7,9-10H,5,15H2;1H/t7-;/m0./s1. The number of para-hydroxylation sites is 1. The Morgan fingerprint density at radius 1 is 1.12 bits per heavy atom. The van der Waals surface area contributed by atoms with Gasteiger partial charge in [0.15, 0.2) is 0 Å². The van der Waals surface area contributed by atoms with E-state index in [4.69, 9.17) is 5.73 Å². The van der Waals surface area contributed by atoms with Crippen molar-refractivity contribution in [2.45, 2.75) is 25.5 Å². The monoisotopic (exact) mass is 273 g/mol. The normalized spacial score (nSPS) is 12.4. The van der Waals surface area contributed by atoms with Crippen LogP contribution in [-0.4, -0.2) is 13.0 Å². The van der Waals surface area contributed by atoms with Crippen molar-refractivity contribution in [3.8, 4) is 5.75 Å². The molecule has 2 nitrogen and oxygen atoms in total. The third kappa shape index (κ3) is 5.23. The number of halogens is 5. The number of benzene rings is 1. The summed E-state index contributed by atoms with van der Waals surface area (Å²) in [5, 5.41) is 0. The Balaban J connectivity index is 0.00000256. The number of alkyl halides is 4. The van der Waals surface area contributed by atoms with E-state index in [1.54, 1.807) is 0 Å². The molecule has 0 saturated heterocycles. The second-order valence-corrected chi connectivity index (χ2v) is 3.15. The minimum absolute atomic E-state index is 0. The second-order valence-electron chi connectivity index (χ2n) is 3.15. The van der Waals surface area contributed by atoms with Crippen LogP contribution in [-0.2, 0) is 0 Å². The first-order chi connectivity index (χ1) is 7.50. The molecular weight excluding hydrogens is 262 g/mol. The van der Waals surface area contributed by atoms with E-state index in [9.17, 15) is 17.6 Å². The molecule has 2 N–H and O–H groups in total. The van der Waals surface area contributed by atoms with E-state index in [1.807, 2.05) is 0 Å². The third-order valence-electron chi connectivity index (χ3n) is 1.97. The molecule has 0 aliphatic rings. The van der Waals surface area contributed by atoms with Crippen LogP contribution in [0.25, 0.3) is 0 Å². The fourth-order valence-electron chi connectivity index (χ4n) is 1.31. The summed E-state index contributed by atoms with van der Waals surface area (Å²) >= 11 is 0. The molecule has 1 aromatic carbocycles. The molecule has 1 rings (SSSR count). The lowest BCUT2D eigenvalue weighted by atomic mass is 10.0.